The fourth-order valence-electron chi connectivity index (χ4n) is 6.20. The predicted molar refractivity (Wildman–Crippen MR) is 191 cm³/mol. The molecule has 1 saturated heterocycles. The fourth-order valence-corrected chi connectivity index (χ4v) is 6.20. The van der Waals surface area contributed by atoms with Crippen LogP contribution in [0, 0.1) is 11.3 Å². The van der Waals surface area contributed by atoms with Gasteiger partial charge in [-0.3, -0.25) is 29.9 Å². The minimum absolute atomic E-state index is 0.0202. The van der Waals surface area contributed by atoms with Gasteiger partial charge in [0.15, 0.2) is 5.96 Å². The number of likely N-dealkylation sites (tertiary alicyclic amines) is 1. The van der Waals surface area contributed by atoms with Gasteiger partial charge >= 0.3 is 5.63 Å². The van der Waals surface area contributed by atoms with Crippen LogP contribution in [0.25, 0.3) is 11.0 Å². The first-order valence-electron chi connectivity index (χ1n) is 17.6. The van der Waals surface area contributed by atoms with E-state index in [2.05, 4.69) is 22.9 Å². The Morgan fingerprint density at radius 1 is 1.10 bits per heavy atom. The molecule has 2 heterocycles. The summed E-state index contributed by atoms with van der Waals surface area (Å²) in [4.78, 5) is 70.1. The van der Waals surface area contributed by atoms with Gasteiger partial charge in [-0.15, -0.1) is 0 Å². The molecule has 14 heteroatoms. The summed E-state index contributed by atoms with van der Waals surface area (Å²) >= 11 is 0. The summed E-state index contributed by atoms with van der Waals surface area (Å²) in [6, 6.07) is 4.76. The number of fused-ring (bicyclic) bond motifs is 1. The number of guanidine groups is 1. The molecule has 8 N–H and O–H groups in total. The smallest absolute Gasteiger partial charge is 0.349 e. The van der Waals surface area contributed by atoms with Crippen LogP contribution in [0.3, 0.4) is 0 Å². The lowest BCUT2D eigenvalue weighted by molar-refractivity contribution is -0.207. The van der Waals surface area contributed by atoms with E-state index < -0.39 is 52.7 Å². The summed E-state index contributed by atoms with van der Waals surface area (Å²) in [6.07, 6.45) is 4.94. The number of amides is 4. The van der Waals surface area contributed by atoms with Crippen molar-refractivity contribution >= 4 is 40.6 Å². The lowest BCUT2D eigenvalue weighted by atomic mass is 9.97. The van der Waals surface area contributed by atoms with Crippen LogP contribution in [0.4, 0.5) is 0 Å². The molecule has 0 spiro atoms. The van der Waals surface area contributed by atoms with E-state index in [1.165, 1.54) is 4.90 Å². The first-order valence-corrected chi connectivity index (χ1v) is 17.6. The third-order valence-electron chi connectivity index (χ3n) is 8.70. The van der Waals surface area contributed by atoms with Crippen molar-refractivity contribution in [3.8, 4) is 0 Å². The van der Waals surface area contributed by atoms with Crippen molar-refractivity contribution in [2.24, 2.45) is 17.4 Å². The number of aryl methyl sites for hydroxylation is 1. The number of hydrogen-bond donors (Lipinski definition) is 6. The standard InChI is InChI=1S/C36H55N7O7/c1-7-8-9-10-16-24-23-15-11-12-18-26(23)49-32(47)27(24)30(45)42-29(44)25(17-13-20-40-34(38)39)41-33(48)36(50-35(4,5)6)19-14-21-43(36)31(46)28(37)22(2)3/h11-12,15,18,22,25,28H,7-10,13-14,16-17,19-21,37H2,1-6H3,(H,41,48)(H4,38,39,40)(H,42,44,45)/t25-,28-,36+/m0/s1. The molecule has 0 bridgehead atoms. The lowest BCUT2D eigenvalue weighted by Gasteiger charge is -2.43. The van der Waals surface area contributed by atoms with E-state index in [1.807, 2.05) is 13.8 Å². The van der Waals surface area contributed by atoms with Crippen LogP contribution in [0.5, 0.6) is 0 Å². The SMILES string of the molecule is CCCCCCc1c(C(=O)NC(=O)[C@H](CCCNC(=N)N)NC(=O)[C@]2(OC(C)(C)C)CCCN2C(=O)[C@@H](N)C(C)C)c(=O)oc2ccccc12. The highest BCUT2D eigenvalue weighted by Gasteiger charge is 2.54. The highest BCUT2D eigenvalue weighted by Crippen LogP contribution is 2.36. The molecular formula is C36H55N7O7. The number of nitrogens with two attached hydrogens (primary N) is 2. The Morgan fingerprint density at radius 3 is 2.44 bits per heavy atom. The van der Waals surface area contributed by atoms with Gasteiger partial charge in [0, 0.05) is 24.9 Å². The van der Waals surface area contributed by atoms with Crippen LogP contribution < -0.4 is 33.0 Å². The van der Waals surface area contributed by atoms with E-state index in [1.54, 1.807) is 45.0 Å². The average Bonchev–Trinajstić information content (AvgIpc) is 3.46. The van der Waals surface area contributed by atoms with Crippen molar-refractivity contribution in [1.82, 2.24) is 20.9 Å². The van der Waals surface area contributed by atoms with Gasteiger partial charge in [0.1, 0.15) is 17.2 Å². The Bertz CT molecular complexity index is 1600. The van der Waals surface area contributed by atoms with E-state index in [0.29, 0.717) is 29.4 Å². The van der Waals surface area contributed by atoms with Crippen LogP contribution in [0.2, 0.25) is 0 Å². The predicted octanol–water partition coefficient (Wildman–Crippen LogP) is 3.04. The van der Waals surface area contributed by atoms with Crippen molar-refractivity contribution in [1.29, 1.82) is 5.41 Å². The number of nitrogens with one attached hydrogen (secondary N) is 4. The van der Waals surface area contributed by atoms with E-state index in [-0.39, 0.29) is 49.8 Å². The summed E-state index contributed by atoms with van der Waals surface area (Å²) in [5.41, 5.74) is 8.72. The molecule has 3 rings (SSSR count). The van der Waals surface area contributed by atoms with E-state index in [9.17, 15) is 24.0 Å². The number of unbranched alkanes of at least 4 members (excludes halogenated alkanes) is 3. The molecule has 0 aliphatic carbocycles. The zero-order valence-corrected chi connectivity index (χ0v) is 30.3. The Morgan fingerprint density at radius 2 is 1.80 bits per heavy atom. The maximum absolute atomic E-state index is 14.3. The van der Waals surface area contributed by atoms with Crippen molar-refractivity contribution in [3.05, 3.63) is 45.8 Å². The van der Waals surface area contributed by atoms with Gasteiger partial charge in [-0.05, 0) is 70.4 Å². The molecule has 1 aliphatic rings. The first-order chi connectivity index (χ1) is 23.5. The Labute approximate surface area is 293 Å². The van der Waals surface area contributed by atoms with Gasteiger partial charge in [-0.25, -0.2) is 4.79 Å². The number of benzene rings is 1. The second kappa shape index (κ2) is 17.6. The Balaban J connectivity index is 1.98. The van der Waals surface area contributed by atoms with Gasteiger partial charge in [0.2, 0.25) is 17.5 Å². The summed E-state index contributed by atoms with van der Waals surface area (Å²) in [7, 11) is 0. The number of rotatable bonds is 16. The molecule has 14 nitrogen and oxygen atoms in total. The maximum atomic E-state index is 14.3. The number of carbonyl (C=O) groups excluding carboxylic acids is 4. The molecule has 1 fully saturated rings. The monoisotopic (exact) mass is 697 g/mol. The first kappa shape index (κ1) is 40.1. The molecule has 50 heavy (non-hydrogen) atoms. The number of carbonyl (C=O) groups is 4. The summed E-state index contributed by atoms with van der Waals surface area (Å²) in [5, 5.41) is 15.8. The molecule has 276 valence electrons. The molecule has 1 aromatic carbocycles. The quantitative estimate of drug-likeness (QED) is 0.0651. The third kappa shape index (κ3) is 10.1. The van der Waals surface area contributed by atoms with Crippen LogP contribution in [0.1, 0.15) is 109 Å². The number of imide groups is 1. The Hall–Kier alpha value is -4.30. The maximum Gasteiger partial charge on any atom is 0.349 e. The van der Waals surface area contributed by atoms with Crippen LogP contribution in [-0.4, -0.2) is 71.0 Å². The minimum atomic E-state index is -1.77. The second-order valence-corrected chi connectivity index (χ2v) is 14.2. The lowest BCUT2D eigenvalue weighted by Crippen LogP contribution is -2.66. The van der Waals surface area contributed by atoms with Crippen molar-refractivity contribution in [2.45, 2.75) is 123 Å². The fraction of sp³-hybridized carbons (Fsp3) is 0.611. The summed E-state index contributed by atoms with van der Waals surface area (Å²) in [6.45, 7) is 11.4. The molecule has 0 unspecified atom stereocenters. The van der Waals surface area contributed by atoms with Gasteiger partial charge in [0.05, 0.1) is 11.6 Å². The van der Waals surface area contributed by atoms with Gasteiger partial charge in [-0.2, -0.15) is 0 Å². The van der Waals surface area contributed by atoms with E-state index in [4.69, 9.17) is 26.0 Å². The van der Waals surface area contributed by atoms with Crippen molar-refractivity contribution < 1.29 is 28.3 Å². The number of ether oxygens (including phenoxy) is 1. The summed E-state index contributed by atoms with van der Waals surface area (Å²) < 4.78 is 11.8. The molecule has 0 saturated carbocycles. The highest BCUT2D eigenvalue weighted by atomic mass is 16.5. The molecule has 0 radical (unpaired) electrons. The molecule has 1 aromatic heterocycles. The molecule has 4 amide bonds. The largest absolute Gasteiger partial charge is 0.422 e. The second-order valence-electron chi connectivity index (χ2n) is 14.2. The molecular weight excluding hydrogens is 642 g/mol. The van der Waals surface area contributed by atoms with Crippen molar-refractivity contribution in [3.63, 3.8) is 0 Å². The van der Waals surface area contributed by atoms with Gasteiger partial charge in [0.25, 0.3) is 11.8 Å². The zero-order chi connectivity index (χ0) is 37.2. The van der Waals surface area contributed by atoms with Gasteiger partial charge < -0.3 is 36.2 Å². The normalized spacial score (nSPS) is 17.4. The average molecular weight is 698 g/mol. The Kier molecular flexibility index (Phi) is 14.1. The number of nitrogens with zero attached hydrogens (tertiary/aromatic N) is 1. The van der Waals surface area contributed by atoms with Crippen LogP contribution in [0.15, 0.2) is 33.5 Å². The van der Waals surface area contributed by atoms with Crippen molar-refractivity contribution in [2.75, 3.05) is 13.1 Å². The molecule has 3 atom stereocenters. The van der Waals surface area contributed by atoms with E-state index >= 15 is 0 Å². The van der Waals surface area contributed by atoms with Gasteiger partial charge in [-0.1, -0.05) is 58.2 Å². The third-order valence-corrected chi connectivity index (χ3v) is 8.70. The molecule has 2 aromatic rings. The van der Waals surface area contributed by atoms with E-state index in [0.717, 1.165) is 25.7 Å². The van der Waals surface area contributed by atoms with Crippen LogP contribution in [-0.2, 0) is 25.5 Å². The minimum Gasteiger partial charge on any atom is -0.422 e. The van der Waals surface area contributed by atoms with Crippen LogP contribution >= 0.6 is 0 Å². The zero-order valence-electron chi connectivity index (χ0n) is 30.3. The summed E-state index contributed by atoms with van der Waals surface area (Å²) in [5.74, 6) is -3.46. The highest BCUT2D eigenvalue weighted by molar-refractivity contribution is 6.09. The topological polar surface area (TPSA) is 223 Å². The molecule has 1 aliphatic heterocycles. The number of hydrogen-bond acceptors (Lipinski definition) is 9. The number of para-hydroxylation sites is 1.